The van der Waals surface area contributed by atoms with Gasteiger partial charge in [-0.05, 0) is 30.7 Å². The fourth-order valence-electron chi connectivity index (χ4n) is 1.43. The summed E-state index contributed by atoms with van der Waals surface area (Å²) in [6.07, 6.45) is 0. The van der Waals surface area contributed by atoms with Crippen molar-refractivity contribution in [1.29, 1.82) is 0 Å². The summed E-state index contributed by atoms with van der Waals surface area (Å²) in [5.41, 5.74) is 1.60. The number of carboxylic acid groups (broad SMARTS) is 1. The Balaban J connectivity index is 2.26. The third-order valence-electron chi connectivity index (χ3n) is 2.36. The van der Waals surface area contributed by atoms with E-state index in [0.29, 0.717) is 10.8 Å². The number of hydrogen-bond acceptors (Lipinski definition) is 4. The quantitative estimate of drug-likeness (QED) is 0.891. The molecule has 92 valence electrons. The lowest BCUT2D eigenvalue weighted by Crippen LogP contribution is -2.04. The van der Waals surface area contributed by atoms with Crippen LogP contribution in [0, 0.1) is 6.92 Å². The summed E-state index contributed by atoms with van der Waals surface area (Å²) in [4.78, 5) is 10.6. The zero-order chi connectivity index (χ0) is 13.1. The highest BCUT2D eigenvalue weighted by Crippen LogP contribution is 2.27. The lowest BCUT2D eigenvalue weighted by Gasteiger charge is -2.09. The maximum atomic E-state index is 10.6. The van der Waals surface area contributed by atoms with Crippen molar-refractivity contribution in [1.82, 2.24) is 10.2 Å². The van der Waals surface area contributed by atoms with Crippen LogP contribution in [0.15, 0.2) is 30.3 Å². The van der Waals surface area contributed by atoms with Crippen molar-refractivity contribution >= 4 is 29.1 Å². The molecule has 0 amide bonds. The lowest BCUT2D eigenvalue weighted by atomic mass is 10.2. The summed E-state index contributed by atoms with van der Waals surface area (Å²) in [6.45, 7) is 1.91. The number of anilines is 2. The highest BCUT2D eigenvalue weighted by molar-refractivity contribution is 6.33. The molecule has 0 atom stereocenters. The van der Waals surface area contributed by atoms with Crippen LogP contribution in [0.1, 0.15) is 16.1 Å². The summed E-state index contributed by atoms with van der Waals surface area (Å²) in [6, 6.07) is 8.44. The number of nitrogens with one attached hydrogen (secondary N) is 1. The molecule has 0 bridgehead atoms. The molecular formula is C12H10ClN3O2. The largest absolute Gasteiger partial charge is 0.476 e. The first kappa shape index (κ1) is 12.3. The molecule has 0 aliphatic rings. The van der Waals surface area contributed by atoms with E-state index in [0.717, 1.165) is 11.3 Å². The Bertz CT molecular complexity index is 564. The number of carbonyl (C=O) groups is 1. The lowest BCUT2D eigenvalue weighted by molar-refractivity contribution is 0.0689. The smallest absolute Gasteiger partial charge is 0.356 e. The van der Waals surface area contributed by atoms with E-state index in [1.807, 2.05) is 19.1 Å². The van der Waals surface area contributed by atoms with E-state index in [2.05, 4.69) is 15.5 Å². The maximum Gasteiger partial charge on any atom is 0.356 e. The molecule has 18 heavy (non-hydrogen) atoms. The molecule has 6 heteroatoms. The highest BCUT2D eigenvalue weighted by Gasteiger charge is 2.07. The molecule has 1 heterocycles. The van der Waals surface area contributed by atoms with Crippen LogP contribution in [-0.4, -0.2) is 21.3 Å². The maximum absolute atomic E-state index is 10.6. The van der Waals surface area contributed by atoms with Crippen molar-refractivity contribution in [2.75, 3.05) is 5.32 Å². The number of nitrogens with zero attached hydrogens (tertiary/aromatic N) is 2. The Kier molecular flexibility index (Phi) is 3.43. The van der Waals surface area contributed by atoms with Crippen LogP contribution >= 0.6 is 11.6 Å². The van der Waals surface area contributed by atoms with Crippen molar-refractivity contribution in [2.45, 2.75) is 6.92 Å². The molecule has 2 N–H and O–H groups in total. The number of rotatable bonds is 3. The van der Waals surface area contributed by atoms with Gasteiger partial charge in [-0.15, -0.1) is 10.2 Å². The highest BCUT2D eigenvalue weighted by atomic mass is 35.5. The predicted molar refractivity (Wildman–Crippen MR) is 68.5 cm³/mol. The van der Waals surface area contributed by atoms with Gasteiger partial charge < -0.3 is 10.4 Å². The van der Waals surface area contributed by atoms with Crippen molar-refractivity contribution in [2.24, 2.45) is 0 Å². The number of aromatic nitrogens is 2. The van der Waals surface area contributed by atoms with Gasteiger partial charge in [-0.1, -0.05) is 23.7 Å². The zero-order valence-electron chi connectivity index (χ0n) is 9.51. The molecule has 1 aromatic carbocycles. The second-order valence-corrected chi connectivity index (χ2v) is 4.07. The van der Waals surface area contributed by atoms with Gasteiger partial charge in [0.15, 0.2) is 11.5 Å². The molecular weight excluding hydrogens is 254 g/mol. The molecule has 0 spiro atoms. The Morgan fingerprint density at radius 2 is 2.06 bits per heavy atom. The van der Waals surface area contributed by atoms with Crippen LogP contribution in [-0.2, 0) is 0 Å². The Hall–Kier alpha value is -2.14. The topological polar surface area (TPSA) is 75.1 Å². The van der Waals surface area contributed by atoms with Gasteiger partial charge in [0.2, 0.25) is 0 Å². The van der Waals surface area contributed by atoms with Gasteiger partial charge in [-0.2, -0.15) is 0 Å². The summed E-state index contributed by atoms with van der Waals surface area (Å²) in [7, 11) is 0. The standard InChI is InChI=1S/C12H10ClN3O2/c1-7-3-2-4-8(13)11(7)14-10-6-5-9(12(17)18)15-16-10/h2-6H,1H3,(H,14,16)(H,17,18). The van der Waals surface area contributed by atoms with Gasteiger partial charge in [0.05, 0.1) is 10.7 Å². The van der Waals surface area contributed by atoms with Gasteiger partial charge in [0.1, 0.15) is 0 Å². The van der Waals surface area contributed by atoms with Crippen LogP contribution in [0.3, 0.4) is 0 Å². The molecule has 1 aromatic heterocycles. The number of hydrogen-bond donors (Lipinski definition) is 2. The minimum absolute atomic E-state index is 0.101. The van der Waals surface area contributed by atoms with Crippen LogP contribution in [0.4, 0.5) is 11.5 Å². The Morgan fingerprint density at radius 1 is 1.28 bits per heavy atom. The first-order chi connectivity index (χ1) is 8.58. The summed E-state index contributed by atoms with van der Waals surface area (Å²) >= 11 is 6.06. The first-order valence-corrected chi connectivity index (χ1v) is 5.55. The van der Waals surface area contributed by atoms with Crippen LogP contribution < -0.4 is 5.32 Å². The van der Waals surface area contributed by atoms with Crippen molar-refractivity contribution in [3.63, 3.8) is 0 Å². The van der Waals surface area contributed by atoms with E-state index < -0.39 is 5.97 Å². The predicted octanol–water partition coefficient (Wildman–Crippen LogP) is 2.88. The fraction of sp³-hybridized carbons (Fsp3) is 0.0833. The van der Waals surface area contributed by atoms with Crippen molar-refractivity contribution < 1.29 is 9.90 Å². The van der Waals surface area contributed by atoms with E-state index in [-0.39, 0.29) is 5.69 Å². The number of carboxylic acids is 1. The summed E-state index contributed by atoms with van der Waals surface area (Å²) in [5.74, 6) is -0.667. The molecule has 0 saturated carbocycles. The Labute approximate surface area is 108 Å². The molecule has 0 saturated heterocycles. The monoisotopic (exact) mass is 263 g/mol. The Morgan fingerprint density at radius 3 is 2.61 bits per heavy atom. The molecule has 5 nitrogen and oxygen atoms in total. The van der Waals surface area contributed by atoms with Gasteiger partial charge in [-0.3, -0.25) is 0 Å². The number of para-hydroxylation sites is 1. The first-order valence-electron chi connectivity index (χ1n) is 5.17. The van der Waals surface area contributed by atoms with Gasteiger partial charge in [-0.25, -0.2) is 4.79 Å². The zero-order valence-corrected chi connectivity index (χ0v) is 10.3. The number of aromatic carboxylic acids is 1. The second kappa shape index (κ2) is 5.01. The average molecular weight is 264 g/mol. The van der Waals surface area contributed by atoms with E-state index in [1.165, 1.54) is 6.07 Å². The van der Waals surface area contributed by atoms with Gasteiger partial charge in [0.25, 0.3) is 0 Å². The third kappa shape index (κ3) is 2.57. The molecule has 2 rings (SSSR count). The van der Waals surface area contributed by atoms with Crippen molar-refractivity contribution in [3.05, 3.63) is 46.6 Å². The van der Waals surface area contributed by atoms with Crippen LogP contribution in [0.2, 0.25) is 5.02 Å². The average Bonchev–Trinajstić information content (AvgIpc) is 2.34. The minimum atomic E-state index is -1.11. The normalized spacial score (nSPS) is 10.1. The number of benzene rings is 1. The second-order valence-electron chi connectivity index (χ2n) is 3.67. The molecule has 2 aromatic rings. The molecule has 0 aliphatic heterocycles. The summed E-state index contributed by atoms with van der Waals surface area (Å²) in [5, 5.41) is 19.6. The van der Waals surface area contributed by atoms with E-state index >= 15 is 0 Å². The third-order valence-corrected chi connectivity index (χ3v) is 2.67. The van der Waals surface area contributed by atoms with Crippen LogP contribution in [0.25, 0.3) is 0 Å². The van der Waals surface area contributed by atoms with E-state index in [1.54, 1.807) is 12.1 Å². The molecule has 0 fully saturated rings. The minimum Gasteiger partial charge on any atom is -0.476 e. The van der Waals surface area contributed by atoms with E-state index in [4.69, 9.17) is 16.7 Å². The SMILES string of the molecule is Cc1cccc(Cl)c1Nc1ccc(C(=O)O)nn1. The van der Waals surface area contributed by atoms with Crippen molar-refractivity contribution in [3.8, 4) is 0 Å². The number of aryl methyl sites for hydroxylation is 1. The summed E-state index contributed by atoms with van der Waals surface area (Å²) < 4.78 is 0. The number of halogens is 1. The van der Waals surface area contributed by atoms with Gasteiger partial charge in [0, 0.05) is 0 Å². The van der Waals surface area contributed by atoms with Gasteiger partial charge >= 0.3 is 5.97 Å². The van der Waals surface area contributed by atoms with Crippen LogP contribution in [0.5, 0.6) is 0 Å². The fourth-order valence-corrected chi connectivity index (χ4v) is 1.70. The molecule has 0 aliphatic carbocycles. The molecule has 0 unspecified atom stereocenters. The molecule has 0 radical (unpaired) electrons. The van der Waals surface area contributed by atoms with E-state index in [9.17, 15) is 4.79 Å².